The zero-order valence-electron chi connectivity index (χ0n) is 10.7. The molecule has 1 aliphatic heterocycles. The van der Waals surface area contributed by atoms with Crippen LogP contribution in [0.15, 0.2) is 0 Å². The molecule has 0 spiro atoms. The number of nitrogens with one attached hydrogen (secondary N) is 1. The van der Waals surface area contributed by atoms with E-state index in [1.807, 2.05) is 0 Å². The van der Waals surface area contributed by atoms with Crippen molar-refractivity contribution in [1.29, 1.82) is 0 Å². The number of hydrogen-bond acceptors (Lipinski definition) is 5. The number of rotatable bonds is 8. The first-order chi connectivity index (χ1) is 8.87. The molecule has 0 aliphatic carbocycles. The van der Waals surface area contributed by atoms with Crippen LogP contribution in [0.1, 0.15) is 19.3 Å². The summed E-state index contributed by atoms with van der Waals surface area (Å²) >= 11 is 3.23. The monoisotopic (exact) mass is 377 g/mol. The molecule has 0 atom stereocenters. The van der Waals surface area contributed by atoms with Crippen molar-refractivity contribution >= 4 is 35.8 Å². The van der Waals surface area contributed by atoms with E-state index in [9.17, 15) is 16.8 Å². The van der Waals surface area contributed by atoms with Gasteiger partial charge in [0.15, 0.2) is 0 Å². The summed E-state index contributed by atoms with van der Waals surface area (Å²) in [5.74, 6) is -0.0696. The average Bonchev–Trinajstić information content (AvgIpc) is 2.33. The lowest BCUT2D eigenvalue weighted by atomic mass is 10.2. The van der Waals surface area contributed by atoms with Gasteiger partial charge >= 0.3 is 0 Å². The topological polar surface area (TPSA) is 89.5 Å². The van der Waals surface area contributed by atoms with Gasteiger partial charge in [0.25, 0.3) is 0 Å². The molecule has 19 heavy (non-hydrogen) atoms. The molecule has 0 bridgehead atoms. The van der Waals surface area contributed by atoms with Crippen molar-refractivity contribution in [3.8, 4) is 0 Å². The van der Waals surface area contributed by atoms with Gasteiger partial charge in [-0.25, -0.2) is 21.6 Å². The Balaban J connectivity index is 2.28. The largest absolute Gasteiger partial charge is 0.381 e. The van der Waals surface area contributed by atoms with Gasteiger partial charge in [-0.1, -0.05) is 15.9 Å². The molecular weight excluding hydrogens is 358 g/mol. The summed E-state index contributed by atoms with van der Waals surface area (Å²) in [5.41, 5.74) is 0. The maximum absolute atomic E-state index is 11.9. The van der Waals surface area contributed by atoms with Crippen LogP contribution in [0.4, 0.5) is 0 Å². The Kier molecular flexibility index (Phi) is 7.23. The molecule has 114 valence electrons. The third kappa shape index (κ3) is 6.52. The van der Waals surface area contributed by atoms with E-state index < -0.39 is 25.1 Å². The van der Waals surface area contributed by atoms with Gasteiger partial charge < -0.3 is 4.74 Å². The molecule has 0 aromatic carbocycles. The number of halogens is 1. The standard InChI is InChI=1S/C10H20BrNO5S2/c11-4-7-17-6-1-5-12-19(15,16)10-2-8-18(13,14)9-3-10/h10,12H,1-9H2. The highest BCUT2D eigenvalue weighted by Gasteiger charge is 2.32. The van der Waals surface area contributed by atoms with Crippen LogP contribution < -0.4 is 4.72 Å². The van der Waals surface area contributed by atoms with Gasteiger partial charge in [0, 0.05) is 18.5 Å². The summed E-state index contributed by atoms with van der Waals surface area (Å²) in [6.45, 7) is 1.44. The van der Waals surface area contributed by atoms with Crippen molar-refractivity contribution in [2.45, 2.75) is 24.5 Å². The third-order valence-electron chi connectivity index (χ3n) is 2.93. The van der Waals surface area contributed by atoms with Gasteiger partial charge in [-0.2, -0.15) is 0 Å². The van der Waals surface area contributed by atoms with E-state index in [1.165, 1.54) is 0 Å². The van der Waals surface area contributed by atoms with Crippen molar-refractivity contribution in [3.63, 3.8) is 0 Å². The Morgan fingerprint density at radius 3 is 2.42 bits per heavy atom. The van der Waals surface area contributed by atoms with Crippen LogP contribution in [0, 0.1) is 0 Å². The molecule has 1 N–H and O–H groups in total. The molecule has 1 saturated heterocycles. The van der Waals surface area contributed by atoms with E-state index in [2.05, 4.69) is 20.7 Å². The highest BCUT2D eigenvalue weighted by Crippen LogP contribution is 2.18. The number of ether oxygens (including phenoxy) is 1. The van der Waals surface area contributed by atoms with Gasteiger partial charge in [0.2, 0.25) is 10.0 Å². The van der Waals surface area contributed by atoms with E-state index in [0.29, 0.717) is 26.2 Å². The fraction of sp³-hybridized carbons (Fsp3) is 1.00. The van der Waals surface area contributed by atoms with E-state index in [-0.39, 0.29) is 24.3 Å². The maximum atomic E-state index is 11.9. The zero-order chi connectivity index (χ0) is 14.4. The van der Waals surface area contributed by atoms with Crippen molar-refractivity contribution in [2.75, 3.05) is 36.6 Å². The molecule has 0 saturated carbocycles. The van der Waals surface area contributed by atoms with E-state index >= 15 is 0 Å². The summed E-state index contributed by atoms with van der Waals surface area (Å²) in [6, 6.07) is 0. The Morgan fingerprint density at radius 2 is 1.84 bits per heavy atom. The predicted molar refractivity (Wildman–Crippen MR) is 77.8 cm³/mol. The van der Waals surface area contributed by atoms with Crippen molar-refractivity contribution < 1.29 is 21.6 Å². The van der Waals surface area contributed by atoms with Crippen LogP contribution in [-0.4, -0.2) is 58.7 Å². The minimum Gasteiger partial charge on any atom is -0.381 e. The molecule has 0 amide bonds. The Labute approximate surface area is 123 Å². The Hall–Kier alpha value is 0.300. The molecule has 0 radical (unpaired) electrons. The van der Waals surface area contributed by atoms with E-state index in [0.717, 1.165) is 5.33 Å². The molecule has 1 aliphatic rings. The maximum Gasteiger partial charge on any atom is 0.214 e. The van der Waals surface area contributed by atoms with Gasteiger partial charge in [-0.05, 0) is 19.3 Å². The molecule has 1 heterocycles. The van der Waals surface area contributed by atoms with E-state index in [1.54, 1.807) is 0 Å². The predicted octanol–water partition coefficient (Wildman–Crippen LogP) is 0.285. The summed E-state index contributed by atoms with van der Waals surface area (Å²) in [4.78, 5) is 0. The SMILES string of the molecule is O=S1(=O)CCC(S(=O)(=O)NCCCOCCBr)CC1. The first kappa shape index (κ1) is 17.4. The molecule has 0 unspecified atom stereocenters. The van der Waals surface area contributed by atoms with Gasteiger partial charge in [0.1, 0.15) is 9.84 Å². The molecule has 0 aromatic heterocycles. The molecule has 0 aromatic rings. The highest BCUT2D eigenvalue weighted by molar-refractivity contribution is 9.09. The summed E-state index contributed by atoms with van der Waals surface area (Å²) in [7, 11) is -6.43. The number of alkyl halides is 1. The fourth-order valence-electron chi connectivity index (χ4n) is 1.84. The lowest BCUT2D eigenvalue weighted by Gasteiger charge is -2.22. The van der Waals surface area contributed by atoms with Crippen molar-refractivity contribution in [1.82, 2.24) is 4.72 Å². The zero-order valence-corrected chi connectivity index (χ0v) is 13.9. The first-order valence-corrected chi connectivity index (χ1v) is 10.7. The Morgan fingerprint density at radius 1 is 1.21 bits per heavy atom. The summed E-state index contributed by atoms with van der Waals surface area (Å²) in [6.07, 6.45) is 0.993. The van der Waals surface area contributed by atoms with E-state index in [4.69, 9.17) is 4.74 Å². The minimum absolute atomic E-state index is 0.0348. The molecule has 1 fully saturated rings. The minimum atomic E-state index is -3.41. The lowest BCUT2D eigenvalue weighted by molar-refractivity contribution is 0.149. The Bertz CT molecular complexity index is 448. The van der Waals surface area contributed by atoms with Crippen LogP contribution in [0.3, 0.4) is 0 Å². The molecule has 6 nitrogen and oxygen atoms in total. The van der Waals surface area contributed by atoms with Crippen LogP contribution in [0.5, 0.6) is 0 Å². The van der Waals surface area contributed by atoms with Gasteiger partial charge in [-0.3, -0.25) is 0 Å². The molecular formula is C10H20BrNO5S2. The number of sulfonamides is 1. The lowest BCUT2D eigenvalue weighted by Crippen LogP contribution is -2.40. The number of sulfone groups is 1. The van der Waals surface area contributed by atoms with Crippen LogP contribution in [0.25, 0.3) is 0 Å². The number of hydrogen-bond donors (Lipinski definition) is 1. The molecule has 1 rings (SSSR count). The second-order valence-electron chi connectivity index (χ2n) is 4.45. The smallest absolute Gasteiger partial charge is 0.214 e. The molecule has 9 heteroatoms. The normalized spacial score (nSPS) is 20.5. The second kappa shape index (κ2) is 7.92. The van der Waals surface area contributed by atoms with Crippen molar-refractivity contribution in [2.24, 2.45) is 0 Å². The quantitative estimate of drug-likeness (QED) is 0.484. The fourth-order valence-corrected chi connectivity index (χ4v) is 5.38. The first-order valence-electron chi connectivity index (χ1n) is 6.20. The second-order valence-corrected chi connectivity index (χ2v) is 9.59. The third-order valence-corrected chi connectivity index (χ3v) is 6.93. The average molecular weight is 378 g/mol. The van der Waals surface area contributed by atoms with Crippen LogP contribution >= 0.6 is 15.9 Å². The highest BCUT2D eigenvalue weighted by atomic mass is 79.9. The van der Waals surface area contributed by atoms with Crippen LogP contribution in [0.2, 0.25) is 0 Å². The van der Waals surface area contributed by atoms with Gasteiger partial charge in [-0.15, -0.1) is 0 Å². The van der Waals surface area contributed by atoms with Gasteiger partial charge in [0.05, 0.1) is 23.4 Å². The summed E-state index contributed by atoms with van der Waals surface area (Å²) < 4.78 is 54.1. The van der Waals surface area contributed by atoms with Crippen molar-refractivity contribution in [3.05, 3.63) is 0 Å². The van der Waals surface area contributed by atoms with Crippen LogP contribution in [-0.2, 0) is 24.6 Å². The summed E-state index contributed by atoms with van der Waals surface area (Å²) in [5, 5.41) is 0.175.